The van der Waals surface area contributed by atoms with Crippen molar-refractivity contribution in [2.45, 2.75) is 27.7 Å². The van der Waals surface area contributed by atoms with E-state index in [1.54, 1.807) is 0 Å². The molecular formula is C10H17N. The number of hydrogen-bond acceptors (Lipinski definition) is 1. The molecule has 0 aromatic heterocycles. The van der Waals surface area contributed by atoms with Crippen molar-refractivity contribution in [3.8, 4) is 0 Å². The fraction of sp³-hybridized carbons (Fsp3) is 0.700. The third kappa shape index (κ3) is 1.70. The molecule has 0 N–H and O–H groups in total. The quantitative estimate of drug-likeness (QED) is 0.504. The van der Waals surface area contributed by atoms with E-state index < -0.39 is 0 Å². The van der Waals surface area contributed by atoms with E-state index in [2.05, 4.69) is 32.7 Å². The summed E-state index contributed by atoms with van der Waals surface area (Å²) in [7, 11) is 0. The highest BCUT2D eigenvalue weighted by atomic mass is 14.7. The molecule has 1 aliphatic rings. The van der Waals surface area contributed by atoms with Crippen LogP contribution in [0.25, 0.3) is 0 Å². The summed E-state index contributed by atoms with van der Waals surface area (Å²) in [4.78, 5) is 4.35. The second kappa shape index (κ2) is 3.21. The number of nitrogens with zero attached hydrogens (tertiary/aromatic N) is 1. The van der Waals surface area contributed by atoms with E-state index in [1.807, 2.05) is 6.21 Å². The molecule has 2 atom stereocenters. The zero-order valence-corrected chi connectivity index (χ0v) is 7.89. The van der Waals surface area contributed by atoms with E-state index in [-0.39, 0.29) is 0 Å². The Labute approximate surface area is 69.2 Å². The molecule has 1 heteroatoms. The molecule has 0 radical (unpaired) electrons. The third-order valence-corrected chi connectivity index (χ3v) is 2.84. The predicted molar refractivity (Wildman–Crippen MR) is 50.1 cm³/mol. The molecule has 1 nitrogen and oxygen atoms in total. The summed E-state index contributed by atoms with van der Waals surface area (Å²) < 4.78 is 0. The average Bonchev–Trinajstić information content (AvgIpc) is 2.07. The summed E-state index contributed by atoms with van der Waals surface area (Å²) >= 11 is 0. The van der Waals surface area contributed by atoms with Gasteiger partial charge in [0, 0.05) is 12.8 Å². The van der Waals surface area contributed by atoms with Gasteiger partial charge in [0.2, 0.25) is 0 Å². The Balaban J connectivity index is 2.90. The Morgan fingerprint density at radius 1 is 1.36 bits per heavy atom. The number of hydrogen-bond donors (Lipinski definition) is 0. The van der Waals surface area contributed by atoms with E-state index in [9.17, 15) is 0 Å². The van der Waals surface area contributed by atoms with Gasteiger partial charge in [-0.05, 0) is 31.3 Å². The Bertz CT molecular complexity index is 201. The van der Waals surface area contributed by atoms with Crippen LogP contribution in [0.2, 0.25) is 0 Å². The van der Waals surface area contributed by atoms with E-state index in [0.29, 0.717) is 11.8 Å². The van der Waals surface area contributed by atoms with Crippen LogP contribution in [0.5, 0.6) is 0 Å². The lowest BCUT2D eigenvalue weighted by Crippen LogP contribution is -2.11. The van der Waals surface area contributed by atoms with Gasteiger partial charge in [0.25, 0.3) is 0 Å². The summed E-state index contributed by atoms with van der Waals surface area (Å²) in [6.45, 7) is 9.90. The predicted octanol–water partition coefficient (Wildman–Crippen LogP) is 2.68. The van der Waals surface area contributed by atoms with Gasteiger partial charge in [0.15, 0.2) is 0 Å². The monoisotopic (exact) mass is 151 g/mol. The van der Waals surface area contributed by atoms with Crippen molar-refractivity contribution < 1.29 is 0 Å². The number of allylic oxidation sites excluding steroid dienone is 2. The lowest BCUT2D eigenvalue weighted by atomic mass is 9.88. The molecule has 2 unspecified atom stereocenters. The van der Waals surface area contributed by atoms with Gasteiger partial charge in [-0.2, -0.15) is 0 Å². The molecular weight excluding hydrogens is 134 g/mol. The Morgan fingerprint density at radius 3 is 2.64 bits per heavy atom. The Kier molecular flexibility index (Phi) is 2.48. The first kappa shape index (κ1) is 8.51. The zero-order chi connectivity index (χ0) is 8.43. The van der Waals surface area contributed by atoms with Crippen LogP contribution in [0, 0.1) is 11.8 Å². The van der Waals surface area contributed by atoms with Crippen LogP contribution in [0.15, 0.2) is 16.1 Å². The lowest BCUT2D eigenvalue weighted by molar-refractivity contribution is 0.454. The molecule has 0 aromatic carbocycles. The summed E-state index contributed by atoms with van der Waals surface area (Å²) in [5, 5.41) is 0. The van der Waals surface area contributed by atoms with Crippen LogP contribution >= 0.6 is 0 Å². The van der Waals surface area contributed by atoms with Crippen LogP contribution in [-0.4, -0.2) is 12.8 Å². The van der Waals surface area contributed by atoms with Gasteiger partial charge in [-0.25, -0.2) is 0 Å². The molecule has 0 aliphatic carbocycles. The molecule has 1 aliphatic heterocycles. The minimum atomic E-state index is 0.692. The van der Waals surface area contributed by atoms with E-state index in [4.69, 9.17) is 0 Å². The first-order valence-corrected chi connectivity index (χ1v) is 4.30. The van der Waals surface area contributed by atoms with Crippen molar-refractivity contribution in [1.82, 2.24) is 0 Å². The average molecular weight is 151 g/mol. The van der Waals surface area contributed by atoms with Gasteiger partial charge in [-0.15, -0.1) is 0 Å². The summed E-state index contributed by atoms with van der Waals surface area (Å²) in [5.41, 5.74) is 2.85. The second-order valence-electron chi connectivity index (χ2n) is 3.63. The summed E-state index contributed by atoms with van der Waals surface area (Å²) in [6, 6.07) is 0. The molecule has 0 aromatic rings. The molecule has 0 fully saturated rings. The van der Waals surface area contributed by atoms with Gasteiger partial charge in [0.05, 0.1) is 0 Å². The fourth-order valence-electron chi connectivity index (χ4n) is 1.40. The van der Waals surface area contributed by atoms with E-state index in [1.165, 1.54) is 11.1 Å². The Hall–Kier alpha value is -0.590. The van der Waals surface area contributed by atoms with Crippen LogP contribution in [-0.2, 0) is 0 Å². The molecule has 1 heterocycles. The Morgan fingerprint density at radius 2 is 2.00 bits per heavy atom. The molecule has 0 bridgehead atoms. The standard InChI is InChI=1S/C10H17N/c1-7-5-11-6-8(2)10(4)9(7)3/h5,8,10H,6H2,1-4H3. The largest absolute Gasteiger partial charge is 0.293 e. The zero-order valence-electron chi connectivity index (χ0n) is 7.89. The molecule has 11 heavy (non-hydrogen) atoms. The van der Waals surface area contributed by atoms with Crippen molar-refractivity contribution in [3.63, 3.8) is 0 Å². The molecule has 0 saturated heterocycles. The molecule has 0 spiro atoms. The maximum Gasteiger partial charge on any atom is 0.0420 e. The van der Waals surface area contributed by atoms with Crippen molar-refractivity contribution in [2.75, 3.05) is 6.54 Å². The van der Waals surface area contributed by atoms with Gasteiger partial charge >= 0.3 is 0 Å². The van der Waals surface area contributed by atoms with Crippen molar-refractivity contribution in [2.24, 2.45) is 16.8 Å². The minimum absolute atomic E-state index is 0.692. The molecule has 62 valence electrons. The molecule has 0 amide bonds. The first-order chi connectivity index (χ1) is 5.13. The molecule has 1 rings (SSSR count). The van der Waals surface area contributed by atoms with Gasteiger partial charge < -0.3 is 0 Å². The summed E-state index contributed by atoms with van der Waals surface area (Å²) in [6.07, 6.45) is 2.01. The highest BCUT2D eigenvalue weighted by Gasteiger charge is 2.16. The molecule has 0 saturated carbocycles. The van der Waals surface area contributed by atoms with Crippen molar-refractivity contribution in [1.29, 1.82) is 0 Å². The van der Waals surface area contributed by atoms with Crippen molar-refractivity contribution >= 4 is 6.21 Å². The van der Waals surface area contributed by atoms with Crippen molar-refractivity contribution in [3.05, 3.63) is 11.1 Å². The third-order valence-electron chi connectivity index (χ3n) is 2.84. The number of aliphatic imine (C=N–C) groups is 1. The van der Waals surface area contributed by atoms with Gasteiger partial charge in [-0.1, -0.05) is 19.4 Å². The van der Waals surface area contributed by atoms with Crippen LogP contribution in [0.3, 0.4) is 0 Å². The van der Waals surface area contributed by atoms with E-state index >= 15 is 0 Å². The number of rotatable bonds is 0. The van der Waals surface area contributed by atoms with E-state index in [0.717, 1.165) is 6.54 Å². The van der Waals surface area contributed by atoms with Crippen LogP contribution < -0.4 is 0 Å². The maximum atomic E-state index is 4.35. The van der Waals surface area contributed by atoms with Crippen LogP contribution in [0.1, 0.15) is 27.7 Å². The van der Waals surface area contributed by atoms with Crippen LogP contribution in [0.4, 0.5) is 0 Å². The second-order valence-corrected chi connectivity index (χ2v) is 3.63. The van der Waals surface area contributed by atoms with Gasteiger partial charge in [0.1, 0.15) is 0 Å². The SMILES string of the molecule is CC1=C(C)C(C)C(C)CN=C1. The smallest absolute Gasteiger partial charge is 0.0420 e. The first-order valence-electron chi connectivity index (χ1n) is 4.30. The highest BCUT2D eigenvalue weighted by Crippen LogP contribution is 2.24. The maximum absolute atomic E-state index is 4.35. The lowest BCUT2D eigenvalue weighted by Gasteiger charge is -2.17. The minimum Gasteiger partial charge on any atom is -0.293 e. The topological polar surface area (TPSA) is 12.4 Å². The summed E-state index contributed by atoms with van der Waals surface area (Å²) in [5.74, 6) is 1.39. The highest BCUT2D eigenvalue weighted by molar-refractivity contribution is 5.79. The normalized spacial score (nSPS) is 32.4. The fourth-order valence-corrected chi connectivity index (χ4v) is 1.40. The van der Waals surface area contributed by atoms with Gasteiger partial charge in [-0.3, -0.25) is 4.99 Å².